The Labute approximate surface area is 212 Å². The van der Waals surface area contributed by atoms with Gasteiger partial charge in [0.2, 0.25) is 0 Å². The van der Waals surface area contributed by atoms with Crippen LogP contribution in [0.2, 0.25) is 5.02 Å². The molecule has 7 heteroatoms. The Morgan fingerprint density at radius 3 is 2.53 bits per heavy atom. The van der Waals surface area contributed by atoms with E-state index in [0.717, 1.165) is 21.2 Å². The molecule has 1 aliphatic rings. The summed E-state index contributed by atoms with van der Waals surface area (Å²) in [6.45, 7) is 2.05. The first-order valence-electron chi connectivity index (χ1n) is 11.3. The zero-order valence-electron chi connectivity index (χ0n) is 19.3. The lowest BCUT2D eigenvalue weighted by atomic mass is 10.0. The molecule has 1 aliphatic heterocycles. The van der Waals surface area contributed by atoms with Crippen LogP contribution >= 0.6 is 11.6 Å². The fourth-order valence-electron chi connectivity index (χ4n) is 4.16. The van der Waals surface area contributed by atoms with Crippen LogP contribution in [-0.2, 0) is 16.2 Å². The molecule has 0 atom stereocenters. The van der Waals surface area contributed by atoms with Gasteiger partial charge < -0.3 is 4.74 Å². The number of nitrogens with zero attached hydrogens (tertiary/aromatic N) is 1. The Morgan fingerprint density at radius 2 is 1.67 bits per heavy atom. The molecule has 1 heterocycles. The first-order chi connectivity index (χ1) is 17.4. The van der Waals surface area contributed by atoms with Crippen molar-refractivity contribution < 1.29 is 19.1 Å². The zero-order chi connectivity index (χ0) is 25.2. The highest BCUT2D eigenvalue weighted by molar-refractivity contribution is 6.39. The average molecular weight is 497 g/mol. The summed E-state index contributed by atoms with van der Waals surface area (Å²) in [5.74, 6) is -1.01. The predicted octanol–water partition coefficient (Wildman–Crippen LogP) is 6.05. The number of anilines is 1. The highest BCUT2D eigenvalue weighted by Crippen LogP contribution is 2.30. The number of ether oxygens (including phenoxy) is 1. The Bertz CT molecular complexity index is 1550. The van der Waals surface area contributed by atoms with Crippen LogP contribution in [0.3, 0.4) is 0 Å². The van der Waals surface area contributed by atoms with Gasteiger partial charge in [0.15, 0.2) is 0 Å². The molecule has 1 saturated heterocycles. The number of hydrogen-bond donors (Lipinski definition) is 1. The monoisotopic (exact) mass is 496 g/mol. The Balaban J connectivity index is 1.47. The Kier molecular flexibility index (Phi) is 6.27. The minimum Gasteiger partial charge on any atom is -0.488 e. The van der Waals surface area contributed by atoms with Gasteiger partial charge in [0, 0.05) is 10.6 Å². The standard InChI is InChI=1S/C29H21ClN2O4/c1-18-13-14-22(30)16-25(18)32-28(34)24(27(33)31-29(32)35)15-20-8-3-5-12-26(20)36-17-21-10-6-9-19-7-2-4-11-23(19)21/h2-16H,17H2,1H3,(H,31,33,35)/b24-15+. The fourth-order valence-corrected chi connectivity index (χ4v) is 4.33. The maximum atomic E-state index is 13.3. The van der Waals surface area contributed by atoms with Crippen LogP contribution in [0.1, 0.15) is 16.7 Å². The van der Waals surface area contributed by atoms with E-state index in [0.29, 0.717) is 34.2 Å². The summed E-state index contributed by atoms with van der Waals surface area (Å²) in [5.41, 5.74) is 2.33. The molecule has 1 N–H and O–H groups in total. The lowest BCUT2D eigenvalue weighted by Gasteiger charge is -2.27. The molecule has 4 amide bonds. The number of carbonyl (C=O) groups is 3. The summed E-state index contributed by atoms with van der Waals surface area (Å²) >= 11 is 6.10. The number of para-hydroxylation sites is 1. The van der Waals surface area contributed by atoms with E-state index in [1.54, 1.807) is 37.3 Å². The second kappa shape index (κ2) is 9.68. The van der Waals surface area contributed by atoms with E-state index in [-0.39, 0.29) is 5.57 Å². The van der Waals surface area contributed by atoms with Gasteiger partial charge in [-0.05, 0) is 53.1 Å². The maximum Gasteiger partial charge on any atom is 0.335 e. The third-order valence-electron chi connectivity index (χ3n) is 6.00. The molecule has 0 radical (unpaired) electrons. The molecular formula is C29H21ClN2O4. The third-order valence-corrected chi connectivity index (χ3v) is 6.23. The molecule has 4 aromatic carbocycles. The molecule has 36 heavy (non-hydrogen) atoms. The summed E-state index contributed by atoms with van der Waals surface area (Å²) in [6.07, 6.45) is 1.44. The van der Waals surface area contributed by atoms with E-state index < -0.39 is 17.8 Å². The lowest BCUT2D eigenvalue weighted by molar-refractivity contribution is -0.122. The minimum absolute atomic E-state index is 0.185. The molecule has 0 aliphatic carbocycles. The van der Waals surface area contributed by atoms with Crippen LogP contribution in [0.15, 0.2) is 90.5 Å². The van der Waals surface area contributed by atoms with Crippen LogP contribution in [0.25, 0.3) is 16.8 Å². The number of imide groups is 2. The van der Waals surface area contributed by atoms with E-state index in [1.807, 2.05) is 48.5 Å². The Morgan fingerprint density at radius 1 is 0.917 bits per heavy atom. The van der Waals surface area contributed by atoms with Crippen LogP contribution in [0, 0.1) is 6.92 Å². The normalized spacial score (nSPS) is 14.9. The molecular weight excluding hydrogens is 476 g/mol. The van der Waals surface area contributed by atoms with Crippen molar-refractivity contribution >= 4 is 52.0 Å². The maximum absolute atomic E-state index is 13.3. The van der Waals surface area contributed by atoms with E-state index >= 15 is 0 Å². The number of nitrogens with one attached hydrogen (secondary N) is 1. The summed E-state index contributed by atoms with van der Waals surface area (Å²) in [4.78, 5) is 39.5. The van der Waals surface area contributed by atoms with E-state index in [9.17, 15) is 14.4 Å². The topological polar surface area (TPSA) is 75.7 Å². The van der Waals surface area contributed by atoms with Crippen LogP contribution in [0.5, 0.6) is 5.75 Å². The first kappa shape index (κ1) is 23.3. The molecule has 178 valence electrons. The number of urea groups is 1. The van der Waals surface area contributed by atoms with Gasteiger partial charge >= 0.3 is 6.03 Å². The molecule has 5 rings (SSSR count). The first-order valence-corrected chi connectivity index (χ1v) is 11.7. The molecule has 6 nitrogen and oxygen atoms in total. The quantitative estimate of drug-likeness (QED) is 0.270. The van der Waals surface area contributed by atoms with Crippen LogP contribution in [-0.4, -0.2) is 17.8 Å². The van der Waals surface area contributed by atoms with E-state index in [2.05, 4.69) is 5.32 Å². The zero-order valence-corrected chi connectivity index (χ0v) is 20.1. The van der Waals surface area contributed by atoms with E-state index in [1.165, 1.54) is 12.1 Å². The molecule has 0 unspecified atom stereocenters. The number of benzene rings is 4. The third kappa shape index (κ3) is 4.46. The van der Waals surface area contributed by atoms with Crippen LogP contribution in [0.4, 0.5) is 10.5 Å². The number of rotatable bonds is 5. The summed E-state index contributed by atoms with van der Waals surface area (Å²) in [7, 11) is 0. The summed E-state index contributed by atoms with van der Waals surface area (Å²) < 4.78 is 6.13. The largest absolute Gasteiger partial charge is 0.488 e. The molecule has 1 fully saturated rings. The van der Waals surface area contributed by atoms with Gasteiger partial charge in [-0.1, -0.05) is 78.3 Å². The molecule has 0 bridgehead atoms. The highest BCUT2D eigenvalue weighted by Gasteiger charge is 2.37. The number of carbonyl (C=O) groups excluding carboxylic acids is 3. The van der Waals surface area contributed by atoms with Crippen molar-refractivity contribution in [2.75, 3.05) is 4.90 Å². The SMILES string of the molecule is Cc1ccc(Cl)cc1N1C(=O)NC(=O)/C(=C\c2ccccc2OCc2cccc3ccccc23)C1=O. The smallest absolute Gasteiger partial charge is 0.335 e. The van der Waals surface area contributed by atoms with Crippen molar-refractivity contribution in [3.63, 3.8) is 0 Å². The van der Waals surface area contributed by atoms with Crippen molar-refractivity contribution in [3.05, 3.63) is 112 Å². The van der Waals surface area contributed by atoms with Gasteiger partial charge in [-0.25, -0.2) is 9.69 Å². The molecule has 0 spiro atoms. The second-order valence-corrected chi connectivity index (χ2v) is 8.79. The highest BCUT2D eigenvalue weighted by atomic mass is 35.5. The van der Waals surface area contributed by atoms with Crippen molar-refractivity contribution in [1.82, 2.24) is 5.32 Å². The van der Waals surface area contributed by atoms with Gasteiger partial charge in [0.1, 0.15) is 17.9 Å². The van der Waals surface area contributed by atoms with Gasteiger partial charge in [-0.2, -0.15) is 0 Å². The van der Waals surface area contributed by atoms with Crippen molar-refractivity contribution in [2.24, 2.45) is 0 Å². The molecule has 0 saturated carbocycles. The predicted molar refractivity (Wildman–Crippen MR) is 140 cm³/mol. The minimum atomic E-state index is -0.826. The number of hydrogen-bond acceptors (Lipinski definition) is 4. The van der Waals surface area contributed by atoms with E-state index in [4.69, 9.17) is 16.3 Å². The number of fused-ring (bicyclic) bond motifs is 1. The fraction of sp³-hybridized carbons (Fsp3) is 0.0690. The summed E-state index contributed by atoms with van der Waals surface area (Å²) in [5, 5.41) is 4.81. The number of halogens is 1. The number of aryl methyl sites for hydroxylation is 1. The molecule has 4 aromatic rings. The average Bonchev–Trinajstić information content (AvgIpc) is 2.87. The van der Waals surface area contributed by atoms with Gasteiger partial charge in [-0.3, -0.25) is 14.9 Å². The summed E-state index contributed by atoms with van der Waals surface area (Å²) in [6, 6.07) is 25.2. The van der Waals surface area contributed by atoms with Crippen LogP contribution < -0.4 is 15.0 Å². The van der Waals surface area contributed by atoms with Crippen molar-refractivity contribution in [2.45, 2.75) is 13.5 Å². The van der Waals surface area contributed by atoms with Crippen molar-refractivity contribution in [3.8, 4) is 5.75 Å². The number of barbiturate groups is 1. The van der Waals surface area contributed by atoms with Gasteiger partial charge in [0.25, 0.3) is 11.8 Å². The Hall–Kier alpha value is -4.42. The van der Waals surface area contributed by atoms with Crippen molar-refractivity contribution in [1.29, 1.82) is 0 Å². The molecule has 0 aromatic heterocycles. The lowest BCUT2D eigenvalue weighted by Crippen LogP contribution is -2.54. The van der Waals surface area contributed by atoms with Gasteiger partial charge in [0.05, 0.1) is 5.69 Å². The second-order valence-electron chi connectivity index (χ2n) is 8.35. The number of amides is 4. The van der Waals surface area contributed by atoms with Gasteiger partial charge in [-0.15, -0.1) is 0 Å².